The molecule has 0 aliphatic rings. The monoisotopic (exact) mass is 374 g/mol. The Kier molecular flexibility index (Phi) is 5.08. The second-order valence-corrected chi connectivity index (χ2v) is 5.56. The molecule has 0 amide bonds. The van der Waals surface area contributed by atoms with Gasteiger partial charge in [-0.1, -0.05) is 27.5 Å². The highest BCUT2D eigenvalue weighted by Gasteiger charge is 2.20. The van der Waals surface area contributed by atoms with E-state index >= 15 is 0 Å². The third-order valence-corrected chi connectivity index (χ3v) is 4.08. The summed E-state index contributed by atoms with van der Waals surface area (Å²) in [6, 6.07) is 7.14. The molecule has 0 radical (unpaired) electrons. The Hall–Kier alpha value is -1.30. The van der Waals surface area contributed by atoms with Gasteiger partial charge in [-0.2, -0.15) is 0 Å². The van der Waals surface area contributed by atoms with Crippen LogP contribution >= 0.6 is 27.5 Å². The van der Waals surface area contributed by atoms with E-state index in [1.54, 1.807) is 12.1 Å². The van der Waals surface area contributed by atoms with Crippen molar-refractivity contribution in [1.29, 1.82) is 0 Å². The van der Waals surface area contributed by atoms with E-state index in [1.165, 1.54) is 32.4 Å². The lowest BCUT2D eigenvalue weighted by molar-refractivity contribution is 0.218. The van der Waals surface area contributed by atoms with Crippen LogP contribution < -0.4 is 9.47 Å². The summed E-state index contributed by atoms with van der Waals surface area (Å²) in [5.41, 5.74) is 0.782. The minimum absolute atomic E-state index is 0.282. The van der Waals surface area contributed by atoms with Gasteiger partial charge in [-0.15, -0.1) is 0 Å². The van der Waals surface area contributed by atoms with Crippen molar-refractivity contribution < 1.29 is 19.0 Å². The summed E-state index contributed by atoms with van der Waals surface area (Å²) in [5, 5.41) is 10.8. The Morgan fingerprint density at radius 3 is 2.33 bits per heavy atom. The first-order valence-electron chi connectivity index (χ1n) is 6.02. The highest BCUT2D eigenvalue weighted by Crippen LogP contribution is 2.39. The van der Waals surface area contributed by atoms with Gasteiger partial charge < -0.3 is 14.6 Å². The Bertz CT molecular complexity index is 664. The average Bonchev–Trinajstić information content (AvgIpc) is 2.48. The third kappa shape index (κ3) is 3.31. The Morgan fingerprint density at radius 2 is 1.71 bits per heavy atom. The van der Waals surface area contributed by atoms with Gasteiger partial charge in [0, 0.05) is 20.6 Å². The fraction of sp³-hybridized carbons (Fsp3) is 0.200. The Balaban J connectivity index is 2.52. The highest BCUT2D eigenvalue weighted by atomic mass is 79.9. The standard InChI is InChI=1S/C15H13BrClFO3/c1-20-13-6-9(11(16)7-14(13)21-2)15(19)10-5-8(18)3-4-12(10)17/h3-7,15,19H,1-2H3. The first-order valence-corrected chi connectivity index (χ1v) is 7.19. The van der Waals surface area contributed by atoms with Gasteiger partial charge in [0.1, 0.15) is 11.9 Å². The first kappa shape index (κ1) is 16.1. The van der Waals surface area contributed by atoms with Gasteiger partial charge in [-0.3, -0.25) is 0 Å². The zero-order valence-electron chi connectivity index (χ0n) is 11.4. The van der Waals surface area contributed by atoms with Crippen molar-refractivity contribution >= 4 is 27.5 Å². The molecule has 21 heavy (non-hydrogen) atoms. The molecule has 0 heterocycles. The summed E-state index contributed by atoms with van der Waals surface area (Å²) < 4.78 is 24.4. The zero-order chi connectivity index (χ0) is 15.6. The maximum absolute atomic E-state index is 13.4. The number of hydrogen-bond donors (Lipinski definition) is 1. The van der Waals surface area contributed by atoms with E-state index < -0.39 is 11.9 Å². The van der Waals surface area contributed by atoms with E-state index in [4.69, 9.17) is 21.1 Å². The lowest BCUT2D eigenvalue weighted by atomic mass is 10.0. The number of halogens is 3. The minimum atomic E-state index is -1.10. The topological polar surface area (TPSA) is 38.7 Å². The predicted molar refractivity (Wildman–Crippen MR) is 82.7 cm³/mol. The number of methoxy groups -OCH3 is 2. The van der Waals surface area contributed by atoms with Crippen molar-refractivity contribution in [2.75, 3.05) is 14.2 Å². The quantitative estimate of drug-likeness (QED) is 0.864. The van der Waals surface area contributed by atoms with Crippen molar-refractivity contribution in [1.82, 2.24) is 0 Å². The van der Waals surface area contributed by atoms with Crippen molar-refractivity contribution in [3.05, 3.63) is 56.8 Å². The lowest BCUT2D eigenvalue weighted by Gasteiger charge is -2.17. The molecule has 3 nitrogen and oxygen atoms in total. The largest absolute Gasteiger partial charge is 0.493 e. The Morgan fingerprint density at radius 1 is 1.10 bits per heavy atom. The number of hydrogen-bond acceptors (Lipinski definition) is 3. The molecule has 1 N–H and O–H groups in total. The van der Waals surface area contributed by atoms with Crippen LogP contribution in [0, 0.1) is 5.82 Å². The predicted octanol–water partition coefficient (Wildman–Crippen LogP) is 4.34. The molecule has 0 fully saturated rings. The van der Waals surface area contributed by atoms with E-state index in [1.807, 2.05) is 0 Å². The van der Waals surface area contributed by atoms with Crippen molar-refractivity contribution in [3.63, 3.8) is 0 Å². The smallest absolute Gasteiger partial charge is 0.161 e. The van der Waals surface area contributed by atoms with Crippen molar-refractivity contribution in [2.45, 2.75) is 6.10 Å². The van der Waals surface area contributed by atoms with Crippen LogP contribution in [0.4, 0.5) is 4.39 Å². The summed E-state index contributed by atoms with van der Waals surface area (Å²) in [6.45, 7) is 0. The number of rotatable bonds is 4. The van der Waals surface area contributed by atoms with Gasteiger partial charge >= 0.3 is 0 Å². The van der Waals surface area contributed by atoms with Crippen LogP contribution in [0.3, 0.4) is 0 Å². The van der Waals surface area contributed by atoms with E-state index in [-0.39, 0.29) is 10.6 Å². The van der Waals surface area contributed by atoms with Gasteiger partial charge in [0.05, 0.1) is 14.2 Å². The molecule has 2 aromatic carbocycles. The molecule has 2 rings (SSSR count). The van der Waals surface area contributed by atoms with Gasteiger partial charge in [-0.05, 0) is 30.3 Å². The molecule has 1 unspecified atom stereocenters. The molecule has 112 valence electrons. The van der Waals surface area contributed by atoms with Gasteiger partial charge in [-0.25, -0.2) is 4.39 Å². The van der Waals surface area contributed by atoms with E-state index in [0.29, 0.717) is 21.5 Å². The summed E-state index contributed by atoms with van der Waals surface area (Å²) in [6.07, 6.45) is -1.10. The Labute approximate surface area is 135 Å². The van der Waals surface area contributed by atoms with E-state index in [9.17, 15) is 9.50 Å². The number of aliphatic hydroxyl groups is 1. The van der Waals surface area contributed by atoms with Crippen LogP contribution in [0.5, 0.6) is 11.5 Å². The van der Waals surface area contributed by atoms with Crippen LogP contribution in [0.1, 0.15) is 17.2 Å². The molecular formula is C15H13BrClFO3. The van der Waals surface area contributed by atoms with Crippen molar-refractivity contribution in [3.8, 4) is 11.5 Å². The fourth-order valence-electron chi connectivity index (χ4n) is 1.97. The second kappa shape index (κ2) is 6.64. The molecule has 0 saturated carbocycles. The minimum Gasteiger partial charge on any atom is -0.493 e. The van der Waals surface area contributed by atoms with E-state index in [2.05, 4.69) is 15.9 Å². The molecule has 6 heteroatoms. The van der Waals surface area contributed by atoms with Gasteiger partial charge in [0.25, 0.3) is 0 Å². The van der Waals surface area contributed by atoms with Crippen LogP contribution in [0.2, 0.25) is 5.02 Å². The molecule has 0 aliphatic heterocycles. The first-order chi connectivity index (χ1) is 9.97. The number of benzene rings is 2. The number of ether oxygens (including phenoxy) is 2. The summed E-state index contributed by atoms with van der Waals surface area (Å²) >= 11 is 9.39. The molecule has 0 saturated heterocycles. The average molecular weight is 376 g/mol. The summed E-state index contributed by atoms with van der Waals surface area (Å²) in [7, 11) is 3.01. The van der Waals surface area contributed by atoms with Crippen LogP contribution in [0.25, 0.3) is 0 Å². The SMILES string of the molecule is COc1cc(Br)c(C(O)c2cc(F)ccc2Cl)cc1OC. The summed E-state index contributed by atoms with van der Waals surface area (Å²) in [5.74, 6) is 0.512. The molecule has 1 atom stereocenters. The zero-order valence-corrected chi connectivity index (χ0v) is 13.7. The fourth-order valence-corrected chi connectivity index (χ4v) is 2.73. The highest BCUT2D eigenvalue weighted by molar-refractivity contribution is 9.10. The molecule has 0 spiro atoms. The number of aliphatic hydroxyl groups excluding tert-OH is 1. The lowest BCUT2D eigenvalue weighted by Crippen LogP contribution is -2.03. The van der Waals surface area contributed by atoms with Crippen LogP contribution in [0.15, 0.2) is 34.8 Å². The molecule has 2 aromatic rings. The molecule has 0 bridgehead atoms. The summed E-state index contributed by atoms with van der Waals surface area (Å²) in [4.78, 5) is 0. The van der Waals surface area contributed by atoms with Gasteiger partial charge in [0.2, 0.25) is 0 Å². The maximum Gasteiger partial charge on any atom is 0.161 e. The molecule has 0 aromatic heterocycles. The molecular weight excluding hydrogens is 363 g/mol. The second-order valence-electron chi connectivity index (χ2n) is 4.30. The third-order valence-electron chi connectivity index (χ3n) is 3.05. The van der Waals surface area contributed by atoms with Gasteiger partial charge in [0.15, 0.2) is 11.5 Å². The van der Waals surface area contributed by atoms with E-state index in [0.717, 1.165) is 0 Å². The molecule has 0 aliphatic carbocycles. The van der Waals surface area contributed by atoms with Crippen LogP contribution in [-0.2, 0) is 0 Å². The van der Waals surface area contributed by atoms with Crippen LogP contribution in [-0.4, -0.2) is 19.3 Å². The normalized spacial score (nSPS) is 12.1. The van der Waals surface area contributed by atoms with Crippen molar-refractivity contribution in [2.24, 2.45) is 0 Å². The maximum atomic E-state index is 13.4.